The van der Waals surface area contributed by atoms with E-state index in [2.05, 4.69) is 50.3 Å². The maximum absolute atomic E-state index is 6.08. The minimum Gasteiger partial charge on any atom is -0.376 e. The second kappa shape index (κ2) is 8.16. The molecule has 7 heteroatoms. The molecule has 0 aliphatic carbocycles. The number of fused-ring (bicyclic) bond motifs is 1. The van der Waals surface area contributed by atoms with Gasteiger partial charge < -0.3 is 4.74 Å². The Bertz CT molecular complexity index is 854. The fourth-order valence-corrected chi connectivity index (χ4v) is 4.25. The van der Waals surface area contributed by atoms with Crippen LogP contribution in [-0.4, -0.2) is 56.2 Å². The molecule has 4 rings (SSSR count). The molecule has 1 aliphatic heterocycles. The second-order valence-corrected chi connectivity index (χ2v) is 7.57. The minimum absolute atomic E-state index is 0.202. The molecule has 0 radical (unpaired) electrons. The largest absolute Gasteiger partial charge is 0.376 e. The number of aromatic nitrogens is 4. The molecule has 6 nitrogen and oxygen atoms in total. The number of aryl methyl sites for hydroxylation is 1. The molecule has 3 heterocycles. The first-order chi connectivity index (χ1) is 12.8. The van der Waals surface area contributed by atoms with E-state index in [1.54, 1.807) is 22.8 Å². The quantitative estimate of drug-likeness (QED) is 0.509. The van der Waals surface area contributed by atoms with Crippen molar-refractivity contribution in [3.05, 3.63) is 48.4 Å². The van der Waals surface area contributed by atoms with Crippen molar-refractivity contribution in [2.24, 2.45) is 7.05 Å². The average Bonchev–Trinajstić information content (AvgIpc) is 2.91. The van der Waals surface area contributed by atoms with Crippen LogP contribution in [-0.2, 0) is 18.3 Å². The maximum atomic E-state index is 6.08. The highest BCUT2D eigenvalue weighted by Gasteiger charge is 2.20. The molecule has 0 N–H and O–H groups in total. The Morgan fingerprint density at radius 3 is 3.00 bits per heavy atom. The summed E-state index contributed by atoms with van der Waals surface area (Å²) in [6.45, 7) is 3.83. The molecule has 1 saturated heterocycles. The molecule has 1 aromatic carbocycles. The smallest absolute Gasteiger partial charge is 0.162 e. The zero-order valence-electron chi connectivity index (χ0n) is 14.9. The molecule has 2 aromatic heterocycles. The summed E-state index contributed by atoms with van der Waals surface area (Å²) in [6.07, 6.45) is 4.73. The minimum atomic E-state index is 0.202. The van der Waals surface area contributed by atoms with E-state index < -0.39 is 0 Å². The summed E-state index contributed by atoms with van der Waals surface area (Å²) >= 11 is 1.73. The average molecular weight is 369 g/mol. The van der Waals surface area contributed by atoms with Gasteiger partial charge in [-0.05, 0) is 12.0 Å². The van der Waals surface area contributed by atoms with Gasteiger partial charge >= 0.3 is 0 Å². The molecule has 3 aromatic rings. The van der Waals surface area contributed by atoms with Gasteiger partial charge in [0.2, 0.25) is 0 Å². The first kappa shape index (κ1) is 17.5. The van der Waals surface area contributed by atoms with E-state index in [4.69, 9.17) is 4.74 Å². The van der Waals surface area contributed by atoms with Gasteiger partial charge in [0, 0.05) is 39.0 Å². The zero-order valence-corrected chi connectivity index (χ0v) is 15.7. The van der Waals surface area contributed by atoms with Crippen molar-refractivity contribution in [1.82, 2.24) is 24.6 Å². The lowest BCUT2D eigenvalue weighted by Crippen LogP contribution is -2.32. The number of benzene rings is 1. The zero-order chi connectivity index (χ0) is 17.8. The van der Waals surface area contributed by atoms with Crippen molar-refractivity contribution in [3.8, 4) is 0 Å². The first-order valence-corrected chi connectivity index (χ1v) is 9.91. The van der Waals surface area contributed by atoms with Crippen LogP contribution in [0.25, 0.3) is 11.0 Å². The van der Waals surface area contributed by atoms with E-state index in [1.165, 1.54) is 5.56 Å². The maximum Gasteiger partial charge on any atom is 0.162 e. The summed E-state index contributed by atoms with van der Waals surface area (Å²) in [6, 6.07) is 10.6. The van der Waals surface area contributed by atoms with Gasteiger partial charge in [-0.3, -0.25) is 9.58 Å². The third-order valence-corrected chi connectivity index (χ3v) is 5.72. The monoisotopic (exact) mass is 369 g/mol. The van der Waals surface area contributed by atoms with Crippen LogP contribution in [0.1, 0.15) is 12.0 Å². The van der Waals surface area contributed by atoms with Gasteiger partial charge in [0.1, 0.15) is 11.4 Å². The van der Waals surface area contributed by atoms with Crippen LogP contribution in [0.4, 0.5) is 0 Å². The van der Waals surface area contributed by atoms with Gasteiger partial charge in [0.05, 0.1) is 17.7 Å². The third kappa shape index (κ3) is 4.06. The van der Waals surface area contributed by atoms with Gasteiger partial charge in [0.15, 0.2) is 5.65 Å². The van der Waals surface area contributed by atoms with E-state index in [0.717, 1.165) is 54.5 Å². The van der Waals surface area contributed by atoms with Crippen LogP contribution in [0.5, 0.6) is 0 Å². The summed E-state index contributed by atoms with van der Waals surface area (Å²) in [5, 5.41) is 6.27. The number of nitrogens with zero attached hydrogens (tertiary/aromatic N) is 5. The lowest BCUT2D eigenvalue weighted by Gasteiger charge is -2.23. The van der Waals surface area contributed by atoms with Crippen LogP contribution < -0.4 is 0 Å². The van der Waals surface area contributed by atoms with Crippen molar-refractivity contribution >= 4 is 22.8 Å². The summed E-state index contributed by atoms with van der Waals surface area (Å²) in [5.74, 6) is 0.881. The second-order valence-electron chi connectivity index (χ2n) is 6.56. The molecule has 1 unspecified atom stereocenters. The van der Waals surface area contributed by atoms with Crippen LogP contribution in [0.3, 0.4) is 0 Å². The molecule has 1 fully saturated rings. The van der Waals surface area contributed by atoms with Crippen LogP contribution >= 0.6 is 11.8 Å². The Hall–Kier alpha value is -1.96. The Kier molecular flexibility index (Phi) is 5.48. The number of hydrogen-bond acceptors (Lipinski definition) is 6. The van der Waals surface area contributed by atoms with Crippen molar-refractivity contribution in [1.29, 1.82) is 0 Å². The predicted molar refractivity (Wildman–Crippen MR) is 103 cm³/mol. The SMILES string of the molecule is Cn1ncc2c(SCC3CN(Cc4ccccc4)CCCO3)ncnc21. The fourth-order valence-electron chi connectivity index (χ4n) is 3.28. The molecule has 26 heavy (non-hydrogen) atoms. The summed E-state index contributed by atoms with van der Waals surface area (Å²) in [4.78, 5) is 11.2. The van der Waals surface area contributed by atoms with E-state index >= 15 is 0 Å². The van der Waals surface area contributed by atoms with Gasteiger partial charge in [-0.25, -0.2) is 9.97 Å². The summed E-state index contributed by atoms with van der Waals surface area (Å²) in [7, 11) is 1.90. The molecular formula is C19H23N5OS. The number of hydrogen-bond donors (Lipinski definition) is 0. The lowest BCUT2D eigenvalue weighted by atomic mass is 10.2. The number of rotatable bonds is 5. The Morgan fingerprint density at radius 1 is 1.23 bits per heavy atom. The van der Waals surface area contributed by atoms with Gasteiger partial charge in [-0.15, -0.1) is 11.8 Å². The molecule has 1 aliphatic rings. The Balaban J connectivity index is 1.40. The molecule has 0 amide bonds. The Labute approximate surface area is 157 Å². The molecule has 1 atom stereocenters. The molecule has 0 bridgehead atoms. The highest BCUT2D eigenvalue weighted by atomic mass is 32.2. The number of thioether (sulfide) groups is 1. The van der Waals surface area contributed by atoms with Crippen LogP contribution in [0.2, 0.25) is 0 Å². The predicted octanol–water partition coefficient (Wildman–Crippen LogP) is 2.75. The molecule has 0 spiro atoms. The first-order valence-electron chi connectivity index (χ1n) is 8.93. The summed E-state index contributed by atoms with van der Waals surface area (Å²) in [5.41, 5.74) is 2.23. The standard InChI is InChI=1S/C19H23N5OS/c1-23-18-17(10-22-23)19(21-14-20-18)26-13-16-12-24(8-5-9-25-16)11-15-6-3-2-4-7-15/h2-4,6-7,10,14,16H,5,8-9,11-13H2,1H3. The van der Waals surface area contributed by atoms with Crippen LogP contribution in [0.15, 0.2) is 47.9 Å². The number of ether oxygens (including phenoxy) is 1. The van der Waals surface area contributed by atoms with E-state index in [1.807, 2.05) is 13.2 Å². The molecule has 136 valence electrons. The molecular weight excluding hydrogens is 346 g/mol. The van der Waals surface area contributed by atoms with Gasteiger partial charge in [-0.1, -0.05) is 30.3 Å². The van der Waals surface area contributed by atoms with E-state index in [-0.39, 0.29) is 6.10 Å². The van der Waals surface area contributed by atoms with Crippen LogP contribution in [0, 0.1) is 0 Å². The normalized spacial score (nSPS) is 18.9. The highest BCUT2D eigenvalue weighted by molar-refractivity contribution is 7.99. The third-order valence-electron chi connectivity index (χ3n) is 4.58. The van der Waals surface area contributed by atoms with Crippen molar-refractivity contribution in [2.75, 3.05) is 25.4 Å². The highest BCUT2D eigenvalue weighted by Crippen LogP contribution is 2.25. The van der Waals surface area contributed by atoms with Crippen molar-refractivity contribution in [2.45, 2.75) is 24.1 Å². The Morgan fingerprint density at radius 2 is 2.12 bits per heavy atom. The fraction of sp³-hybridized carbons (Fsp3) is 0.421. The van der Waals surface area contributed by atoms with E-state index in [0.29, 0.717) is 0 Å². The topological polar surface area (TPSA) is 56.1 Å². The summed E-state index contributed by atoms with van der Waals surface area (Å²) < 4.78 is 7.87. The van der Waals surface area contributed by atoms with E-state index in [9.17, 15) is 0 Å². The molecule has 0 saturated carbocycles. The van der Waals surface area contributed by atoms with Gasteiger partial charge in [0.25, 0.3) is 0 Å². The van der Waals surface area contributed by atoms with Crippen molar-refractivity contribution in [3.63, 3.8) is 0 Å². The van der Waals surface area contributed by atoms with Gasteiger partial charge in [-0.2, -0.15) is 5.10 Å². The lowest BCUT2D eigenvalue weighted by molar-refractivity contribution is 0.0700. The van der Waals surface area contributed by atoms with Crippen molar-refractivity contribution < 1.29 is 4.74 Å².